The number of carbonyl (C=O) groups is 1. The Bertz CT molecular complexity index is 603. The van der Waals surface area contributed by atoms with Crippen molar-refractivity contribution in [3.63, 3.8) is 0 Å². The first-order valence-corrected chi connectivity index (χ1v) is 6.84. The standard InChI is InChI=1S/C13H16ClN3O4/c1-13(19)3-2-4-16(7-13)12(18)9-5-8(17(20)21)6-10(14)11(9)15/h5-6,19H,2-4,7,15H2,1H3. The van der Waals surface area contributed by atoms with Gasteiger partial charge in [-0.15, -0.1) is 0 Å². The molecule has 1 heterocycles. The SMILES string of the molecule is CC1(O)CCCN(C(=O)c2cc([N+](=O)[O-])cc(Cl)c2N)C1. The molecule has 3 N–H and O–H groups in total. The van der Waals surface area contributed by atoms with E-state index in [-0.39, 0.29) is 28.5 Å². The Labute approximate surface area is 126 Å². The molecule has 0 saturated carbocycles. The highest BCUT2D eigenvalue weighted by Gasteiger charge is 2.32. The molecule has 1 aliphatic rings. The molecule has 2 rings (SSSR count). The summed E-state index contributed by atoms with van der Waals surface area (Å²) in [6.45, 7) is 2.27. The Morgan fingerprint density at radius 2 is 2.24 bits per heavy atom. The number of benzene rings is 1. The van der Waals surface area contributed by atoms with Crippen LogP contribution in [0.15, 0.2) is 12.1 Å². The van der Waals surface area contributed by atoms with E-state index in [1.54, 1.807) is 6.92 Å². The minimum absolute atomic E-state index is 0.00750. The van der Waals surface area contributed by atoms with Gasteiger partial charge in [-0.1, -0.05) is 11.6 Å². The Morgan fingerprint density at radius 3 is 2.81 bits per heavy atom. The first kappa shape index (κ1) is 15.5. The largest absolute Gasteiger partial charge is 0.397 e. The molecule has 1 unspecified atom stereocenters. The number of β-amino-alcohol motifs (C(OH)–C–C–N with tert-alkyl or cyclic N) is 1. The van der Waals surface area contributed by atoms with Gasteiger partial charge in [-0.05, 0) is 19.8 Å². The molecule has 8 heteroatoms. The van der Waals surface area contributed by atoms with Crippen LogP contribution in [0.4, 0.5) is 11.4 Å². The number of nitro benzene ring substituents is 1. The summed E-state index contributed by atoms with van der Waals surface area (Å²) >= 11 is 5.85. The van der Waals surface area contributed by atoms with Crippen molar-refractivity contribution in [3.8, 4) is 0 Å². The molecule has 114 valence electrons. The van der Waals surface area contributed by atoms with Crippen LogP contribution in [-0.2, 0) is 0 Å². The van der Waals surface area contributed by atoms with E-state index < -0.39 is 16.4 Å². The van der Waals surface area contributed by atoms with E-state index >= 15 is 0 Å². The fraction of sp³-hybridized carbons (Fsp3) is 0.462. The molecular weight excluding hydrogens is 298 g/mol. The van der Waals surface area contributed by atoms with Gasteiger partial charge in [0.2, 0.25) is 0 Å². The van der Waals surface area contributed by atoms with E-state index in [0.29, 0.717) is 19.4 Å². The summed E-state index contributed by atoms with van der Waals surface area (Å²) in [5.41, 5.74) is 4.51. The lowest BCUT2D eigenvalue weighted by Gasteiger charge is -2.37. The van der Waals surface area contributed by atoms with Crippen LogP contribution in [0.3, 0.4) is 0 Å². The van der Waals surface area contributed by atoms with Gasteiger partial charge < -0.3 is 15.7 Å². The van der Waals surface area contributed by atoms with Crippen LogP contribution in [0.1, 0.15) is 30.1 Å². The Morgan fingerprint density at radius 1 is 1.57 bits per heavy atom. The maximum Gasteiger partial charge on any atom is 0.271 e. The number of nitro groups is 1. The number of piperidine rings is 1. The monoisotopic (exact) mass is 313 g/mol. The van der Waals surface area contributed by atoms with E-state index in [9.17, 15) is 20.0 Å². The summed E-state index contributed by atoms with van der Waals surface area (Å²) < 4.78 is 0. The molecule has 0 spiro atoms. The van der Waals surface area contributed by atoms with Crippen molar-refractivity contribution >= 4 is 28.9 Å². The summed E-state index contributed by atoms with van der Waals surface area (Å²) in [5.74, 6) is -0.460. The minimum atomic E-state index is -0.965. The number of rotatable bonds is 2. The summed E-state index contributed by atoms with van der Waals surface area (Å²) in [5, 5.41) is 20.9. The highest BCUT2D eigenvalue weighted by Crippen LogP contribution is 2.31. The lowest BCUT2D eigenvalue weighted by Crippen LogP contribution is -2.48. The molecule has 21 heavy (non-hydrogen) atoms. The summed E-state index contributed by atoms with van der Waals surface area (Å²) in [6.07, 6.45) is 1.25. The molecule has 0 aliphatic carbocycles. The van der Waals surface area contributed by atoms with Crippen molar-refractivity contribution in [2.45, 2.75) is 25.4 Å². The molecule has 1 aliphatic heterocycles. The molecule has 1 aromatic carbocycles. The van der Waals surface area contributed by atoms with E-state index in [1.165, 1.54) is 4.90 Å². The molecule has 0 aromatic heterocycles. The maximum absolute atomic E-state index is 12.5. The van der Waals surface area contributed by atoms with Crippen molar-refractivity contribution in [1.82, 2.24) is 4.90 Å². The van der Waals surface area contributed by atoms with Crippen molar-refractivity contribution in [3.05, 3.63) is 32.8 Å². The van der Waals surface area contributed by atoms with Gasteiger partial charge in [0.25, 0.3) is 11.6 Å². The predicted octanol–water partition coefficient (Wildman–Crippen LogP) is 1.82. The van der Waals surface area contributed by atoms with E-state index in [4.69, 9.17) is 17.3 Å². The number of non-ortho nitro benzene ring substituents is 1. The fourth-order valence-corrected chi connectivity index (χ4v) is 2.66. The third-order valence-corrected chi connectivity index (χ3v) is 3.83. The highest BCUT2D eigenvalue weighted by atomic mass is 35.5. The first-order chi connectivity index (χ1) is 9.71. The quantitative estimate of drug-likeness (QED) is 0.491. The number of nitrogens with zero attached hydrogens (tertiary/aromatic N) is 2. The van der Waals surface area contributed by atoms with Gasteiger partial charge in [0.15, 0.2) is 0 Å². The smallest absolute Gasteiger partial charge is 0.271 e. The van der Waals surface area contributed by atoms with Gasteiger partial charge in [0, 0.05) is 25.2 Å². The molecule has 0 radical (unpaired) electrons. The number of likely N-dealkylation sites (tertiary alicyclic amines) is 1. The number of carbonyl (C=O) groups excluding carboxylic acids is 1. The van der Waals surface area contributed by atoms with Crippen LogP contribution in [0.2, 0.25) is 5.02 Å². The number of nitrogens with two attached hydrogens (primary N) is 1. The average molecular weight is 314 g/mol. The number of hydrogen-bond acceptors (Lipinski definition) is 5. The highest BCUT2D eigenvalue weighted by molar-refractivity contribution is 6.34. The summed E-state index contributed by atoms with van der Waals surface area (Å²) in [7, 11) is 0. The van der Waals surface area contributed by atoms with Crippen molar-refractivity contribution in [1.29, 1.82) is 0 Å². The van der Waals surface area contributed by atoms with E-state index in [0.717, 1.165) is 12.1 Å². The molecular formula is C13H16ClN3O4. The van der Waals surface area contributed by atoms with Gasteiger partial charge >= 0.3 is 0 Å². The lowest BCUT2D eigenvalue weighted by molar-refractivity contribution is -0.384. The molecule has 7 nitrogen and oxygen atoms in total. The van der Waals surface area contributed by atoms with E-state index in [2.05, 4.69) is 0 Å². The lowest BCUT2D eigenvalue weighted by atomic mass is 9.94. The molecule has 1 saturated heterocycles. The number of anilines is 1. The average Bonchev–Trinajstić information content (AvgIpc) is 2.39. The van der Waals surface area contributed by atoms with Crippen LogP contribution in [0, 0.1) is 10.1 Å². The number of amides is 1. The molecule has 1 aromatic rings. The first-order valence-electron chi connectivity index (χ1n) is 6.46. The topological polar surface area (TPSA) is 110 Å². The second kappa shape index (κ2) is 5.50. The van der Waals surface area contributed by atoms with Crippen LogP contribution < -0.4 is 5.73 Å². The van der Waals surface area contributed by atoms with Gasteiger partial charge in [0.05, 0.1) is 26.8 Å². The third kappa shape index (κ3) is 3.25. The van der Waals surface area contributed by atoms with Crippen molar-refractivity contribution in [2.75, 3.05) is 18.8 Å². The summed E-state index contributed by atoms with van der Waals surface area (Å²) in [6, 6.07) is 2.23. The Kier molecular flexibility index (Phi) is 4.06. The zero-order chi connectivity index (χ0) is 15.8. The van der Waals surface area contributed by atoms with Crippen LogP contribution in [-0.4, -0.2) is 39.5 Å². The van der Waals surface area contributed by atoms with Gasteiger partial charge in [0.1, 0.15) is 0 Å². The van der Waals surface area contributed by atoms with E-state index in [1.807, 2.05) is 0 Å². The maximum atomic E-state index is 12.5. The molecule has 0 bridgehead atoms. The fourth-order valence-electron chi connectivity index (χ4n) is 2.45. The van der Waals surface area contributed by atoms with Crippen LogP contribution in [0.25, 0.3) is 0 Å². The van der Waals surface area contributed by atoms with Crippen molar-refractivity contribution in [2.24, 2.45) is 0 Å². The second-order valence-corrected chi connectivity index (χ2v) is 5.88. The zero-order valence-electron chi connectivity index (χ0n) is 11.5. The zero-order valence-corrected chi connectivity index (χ0v) is 12.3. The second-order valence-electron chi connectivity index (χ2n) is 5.47. The Balaban J connectivity index is 2.36. The number of hydrogen-bond donors (Lipinski definition) is 2. The van der Waals surface area contributed by atoms with Gasteiger partial charge in [-0.2, -0.15) is 0 Å². The normalized spacial score (nSPS) is 22.1. The van der Waals surface area contributed by atoms with Crippen LogP contribution >= 0.6 is 11.6 Å². The number of nitrogen functional groups attached to an aromatic ring is 1. The third-order valence-electron chi connectivity index (χ3n) is 3.52. The number of aliphatic hydroxyl groups is 1. The summed E-state index contributed by atoms with van der Waals surface area (Å²) in [4.78, 5) is 24.2. The van der Waals surface area contributed by atoms with Gasteiger partial charge in [-0.3, -0.25) is 14.9 Å². The molecule has 1 atom stereocenters. The van der Waals surface area contributed by atoms with Crippen molar-refractivity contribution < 1.29 is 14.8 Å². The van der Waals surface area contributed by atoms with Gasteiger partial charge in [-0.25, -0.2) is 0 Å². The Hall–Kier alpha value is -1.86. The number of halogens is 1. The molecule has 1 fully saturated rings. The molecule has 1 amide bonds. The minimum Gasteiger partial charge on any atom is -0.397 e. The predicted molar refractivity (Wildman–Crippen MR) is 78.3 cm³/mol. The van der Waals surface area contributed by atoms with Crippen LogP contribution in [0.5, 0.6) is 0 Å².